The third kappa shape index (κ3) is 4.02. The fourth-order valence-corrected chi connectivity index (χ4v) is 1.58. The van der Waals surface area contributed by atoms with E-state index in [1.165, 1.54) is 18.2 Å². The Morgan fingerprint density at radius 1 is 1.24 bits per heavy atom. The number of alkyl halides is 3. The summed E-state index contributed by atoms with van der Waals surface area (Å²) in [6, 6.07) is 5.14. The smallest absolute Gasteiger partial charge is 0.388 e. The summed E-state index contributed by atoms with van der Waals surface area (Å²) < 4.78 is 38.1. The first-order chi connectivity index (χ1) is 7.82. The van der Waals surface area contributed by atoms with Gasteiger partial charge in [0.1, 0.15) is 0 Å². The van der Waals surface area contributed by atoms with Crippen LogP contribution in [0.3, 0.4) is 0 Å². The van der Waals surface area contributed by atoms with Crippen LogP contribution in [0.5, 0.6) is 0 Å². The summed E-state index contributed by atoms with van der Waals surface area (Å²) >= 11 is 0. The number of nitrogens with zero attached hydrogens (tertiary/aromatic N) is 1. The molecule has 1 atom stereocenters. The number of halogens is 3. The molecule has 0 radical (unpaired) electrons. The van der Waals surface area contributed by atoms with Gasteiger partial charge < -0.3 is 10.0 Å². The molecular formula is C12H16F3NO. The summed E-state index contributed by atoms with van der Waals surface area (Å²) in [6.45, 7) is 0.535. The molecule has 0 fully saturated rings. The Morgan fingerprint density at radius 2 is 1.82 bits per heavy atom. The van der Waals surface area contributed by atoms with Crippen molar-refractivity contribution in [3.63, 3.8) is 0 Å². The maximum absolute atomic E-state index is 12.7. The van der Waals surface area contributed by atoms with E-state index in [9.17, 15) is 18.3 Å². The summed E-state index contributed by atoms with van der Waals surface area (Å²) in [5, 5.41) is 9.79. The van der Waals surface area contributed by atoms with Crippen molar-refractivity contribution in [2.45, 2.75) is 18.7 Å². The zero-order chi connectivity index (χ0) is 13.1. The van der Waals surface area contributed by atoms with Crippen molar-refractivity contribution in [2.24, 2.45) is 0 Å². The molecule has 1 aromatic rings. The Morgan fingerprint density at radius 3 is 2.35 bits per heavy atom. The highest BCUT2D eigenvalue weighted by molar-refractivity contribution is 5.31. The fourth-order valence-electron chi connectivity index (χ4n) is 1.58. The average molecular weight is 247 g/mol. The monoisotopic (exact) mass is 247 g/mol. The number of benzene rings is 1. The lowest BCUT2D eigenvalue weighted by molar-refractivity contribution is -0.139. The Bertz CT molecular complexity index is 363. The number of hydrogen-bond acceptors (Lipinski definition) is 2. The van der Waals surface area contributed by atoms with Gasteiger partial charge in [-0.3, -0.25) is 0 Å². The van der Waals surface area contributed by atoms with Gasteiger partial charge in [-0.05, 0) is 32.1 Å². The van der Waals surface area contributed by atoms with Gasteiger partial charge in [-0.1, -0.05) is 18.2 Å². The molecule has 0 aliphatic heterocycles. The topological polar surface area (TPSA) is 23.5 Å². The van der Waals surface area contributed by atoms with Gasteiger partial charge in [-0.25, -0.2) is 0 Å². The van der Waals surface area contributed by atoms with Crippen LogP contribution in [0.15, 0.2) is 24.3 Å². The molecule has 0 saturated heterocycles. The van der Waals surface area contributed by atoms with Crippen molar-refractivity contribution >= 4 is 0 Å². The van der Waals surface area contributed by atoms with E-state index < -0.39 is 17.8 Å². The highest BCUT2D eigenvalue weighted by atomic mass is 19.4. The van der Waals surface area contributed by atoms with Crippen LogP contribution >= 0.6 is 0 Å². The van der Waals surface area contributed by atoms with Crippen molar-refractivity contribution in [1.82, 2.24) is 4.90 Å². The van der Waals surface area contributed by atoms with Crippen LogP contribution in [0.4, 0.5) is 13.2 Å². The minimum atomic E-state index is -4.42. The molecule has 0 aliphatic rings. The molecule has 0 spiro atoms. The summed E-state index contributed by atoms with van der Waals surface area (Å²) in [5.41, 5.74) is -0.812. The molecule has 5 heteroatoms. The summed E-state index contributed by atoms with van der Waals surface area (Å²) in [4.78, 5) is 1.82. The standard InChI is InChI=1S/C12H16F3NO/c1-16(2)8-7-11(17)9-5-3-4-6-10(9)12(13,14)15/h3-6,11,17H,7-8H2,1-2H3. The highest BCUT2D eigenvalue weighted by Gasteiger charge is 2.34. The first kappa shape index (κ1) is 14.0. The molecule has 96 valence electrons. The zero-order valence-corrected chi connectivity index (χ0v) is 9.83. The first-order valence-electron chi connectivity index (χ1n) is 5.31. The van der Waals surface area contributed by atoms with Crippen LogP contribution in [0.1, 0.15) is 23.7 Å². The average Bonchev–Trinajstić information content (AvgIpc) is 2.24. The molecule has 2 nitrogen and oxygen atoms in total. The fraction of sp³-hybridized carbons (Fsp3) is 0.500. The minimum absolute atomic E-state index is 0.0538. The second kappa shape index (κ2) is 5.51. The zero-order valence-electron chi connectivity index (χ0n) is 9.83. The van der Waals surface area contributed by atoms with E-state index in [0.29, 0.717) is 6.54 Å². The highest BCUT2D eigenvalue weighted by Crippen LogP contribution is 2.35. The maximum atomic E-state index is 12.7. The van der Waals surface area contributed by atoms with E-state index in [0.717, 1.165) is 6.07 Å². The predicted octanol–water partition coefficient (Wildman–Crippen LogP) is 2.69. The van der Waals surface area contributed by atoms with Crippen LogP contribution < -0.4 is 0 Å². The molecular weight excluding hydrogens is 231 g/mol. The van der Waals surface area contributed by atoms with Gasteiger partial charge in [0.2, 0.25) is 0 Å². The lowest BCUT2D eigenvalue weighted by Crippen LogP contribution is -2.18. The SMILES string of the molecule is CN(C)CCC(O)c1ccccc1C(F)(F)F. The quantitative estimate of drug-likeness (QED) is 0.884. The van der Waals surface area contributed by atoms with Crippen molar-refractivity contribution in [2.75, 3.05) is 20.6 Å². The Labute approximate surface area is 98.7 Å². The minimum Gasteiger partial charge on any atom is -0.388 e. The number of rotatable bonds is 4. The van der Waals surface area contributed by atoms with Gasteiger partial charge in [0.25, 0.3) is 0 Å². The van der Waals surface area contributed by atoms with E-state index in [1.54, 1.807) is 0 Å². The Hall–Kier alpha value is -1.07. The van der Waals surface area contributed by atoms with Gasteiger partial charge >= 0.3 is 6.18 Å². The molecule has 0 aromatic heterocycles. The summed E-state index contributed by atoms with van der Waals surface area (Å²) in [6.07, 6.45) is -5.23. The van der Waals surface area contributed by atoms with Gasteiger partial charge in [0, 0.05) is 6.54 Å². The van der Waals surface area contributed by atoms with Gasteiger partial charge in [-0.2, -0.15) is 13.2 Å². The van der Waals surface area contributed by atoms with Crippen LogP contribution in [-0.4, -0.2) is 30.6 Å². The van der Waals surface area contributed by atoms with E-state index in [2.05, 4.69) is 0 Å². The van der Waals surface area contributed by atoms with E-state index in [1.807, 2.05) is 19.0 Å². The summed E-state index contributed by atoms with van der Waals surface area (Å²) in [5.74, 6) is 0. The normalized spacial score (nSPS) is 14.1. The molecule has 0 amide bonds. The second-order valence-corrected chi connectivity index (χ2v) is 4.19. The van der Waals surface area contributed by atoms with Crippen LogP contribution in [-0.2, 0) is 6.18 Å². The van der Waals surface area contributed by atoms with Gasteiger partial charge in [0.05, 0.1) is 11.7 Å². The molecule has 1 unspecified atom stereocenters. The van der Waals surface area contributed by atoms with E-state index in [4.69, 9.17) is 0 Å². The molecule has 0 bridgehead atoms. The second-order valence-electron chi connectivity index (χ2n) is 4.19. The third-order valence-corrected chi connectivity index (χ3v) is 2.47. The Balaban J connectivity index is 2.89. The molecule has 0 heterocycles. The number of hydrogen-bond donors (Lipinski definition) is 1. The van der Waals surface area contributed by atoms with Crippen LogP contribution in [0.2, 0.25) is 0 Å². The first-order valence-corrected chi connectivity index (χ1v) is 5.31. The van der Waals surface area contributed by atoms with Crippen LogP contribution in [0, 0.1) is 0 Å². The Kier molecular flexibility index (Phi) is 4.54. The number of aliphatic hydroxyl groups excluding tert-OH is 1. The van der Waals surface area contributed by atoms with Crippen LogP contribution in [0.25, 0.3) is 0 Å². The molecule has 1 N–H and O–H groups in total. The molecule has 1 rings (SSSR count). The van der Waals surface area contributed by atoms with Crippen molar-refractivity contribution < 1.29 is 18.3 Å². The maximum Gasteiger partial charge on any atom is 0.416 e. The molecule has 17 heavy (non-hydrogen) atoms. The summed E-state index contributed by atoms with van der Waals surface area (Å²) in [7, 11) is 3.62. The lowest BCUT2D eigenvalue weighted by atomic mass is 10.00. The van der Waals surface area contributed by atoms with Crippen molar-refractivity contribution in [3.05, 3.63) is 35.4 Å². The lowest BCUT2D eigenvalue weighted by Gasteiger charge is -2.19. The molecule has 1 aromatic carbocycles. The van der Waals surface area contributed by atoms with Crippen molar-refractivity contribution in [3.8, 4) is 0 Å². The van der Waals surface area contributed by atoms with E-state index >= 15 is 0 Å². The molecule has 0 aliphatic carbocycles. The van der Waals surface area contributed by atoms with Gasteiger partial charge in [-0.15, -0.1) is 0 Å². The van der Waals surface area contributed by atoms with E-state index in [-0.39, 0.29) is 12.0 Å². The third-order valence-electron chi connectivity index (χ3n) is 2.47. The molecule has 0 saturated carbocycles. The van der Waals surface area contributed by atoms with Gasteiger partial charge in [0.15, 0.2) is 0 Å². The number of aliphatic hydroxyl groups is 1. The predicted molar refractivity (Wildman–Crippen MR) is 59.6 cm³/mol. The largest absolute Gasteiger partial charge is 0.416 e. The van der Waals surface area contributed by atoms with Crippen molar-refractivity contribution in [1.29, 1.82) is 0 Å².